The van der Waals surface area contributed by atoms with Gasteiger partial charge in [-0.25, -0.2) is 0 Å². The summed E-state index contributed by atoms with van der Waals surface area (Å²) in [7, 11) is 0. The van der Waals surface area contributed by atoms with Crippen LogP contribution in [-0.4, -0.2) is 18.9 Å². The Labute approximate surface area is 92.1 Å². The molecule has 0 aromatic heterocycles. The third-order valence-corrected chi connectivity index (χ3v) is 2.65. The average molecular weight is 214 g/mol. The molecule has 0 bridgehead atoms. The molecule has 1 atom stereocenters. The highest BCUT2D eigenvalue weighted by Crippen LogP contribution is 2.15. The summed E-state index contributed by atoms with van der Waals surface area (Å²) in [5.74, 6) is -0.139. The highest BCUT2D eigenvalue weighted by molar-refractivity contribution is 5.74. The topological polar surface area (TPSA) is 35.5 Å². The van der Waals surface area contributed by atoms with Crippen molar-refractivity contribution in [1.82, 2.24) is 0 Å². The molecule has 1 unspecified atom stereocenters. The number of carbonyl (C=O) groups is 1. The molecule has 3 heteroatoms. The maximum Gasteiger partial charge on any atom is 0.314 e. The van der Waals surface area contributed by atoms with Crippen LogP contribution in [0.2, 0.25) is 0 Å². The van der Waals surface area contributed by atoms with Gasteiger partial charge in [0.2, 0.25) is 6.29 Å². The SMILES string of the molecule is CCCCCCCCCOC1CC(=O)O1. The van der Waals surface area contributed by atoms with Gasteiger partial charge in [-0.05, 0) is 6.42 Å². The summed E-state index contributed by atoms with van der Waals surface area (Å²) in [5.41, 5.74) is 0. The molecule has 1 heterocycles. The van der Waals surface area contributed by atoms with Crippen molar-refractivity contribution in [3.63, 3.8) is 0 Å². The molecule has 1 saturated heterocycles. The molecule has 3 nitrogen and oxygen atoms in total. The number of esters is 1. The first-order chi connectivity index (χ1) is 7.33. The molecule has 0 aromatic rings. The standard InChI is InChI=1S/C12H22O3/c1-2-3-4-5-6-7-8-9-14-12-10-11(13)15-12/h12H,2-10H2,1H3. The Kier molecular flexibility index (Phi) is 6.41. The van der Waals surface area contributed by atoms with Crippen molar-refractivity contribution in [3.05, 3.63) is 0 Å². The molecule has 0 aliphatic carbocycles. The average Bonchev–Trinajstić information content (AvgIpc) is 2.19. The van der Waals surface area contributed by atoms with Crippen molar-refractivity contribution in [2.45, 2.75) is 64.6 Å². The van der Waals surface area contributed by atoms with Crippen LogP contribution >= 0.6 is 0 Å². The van der Waals surface area contributed by atoms with E-state index in [2.05, 4.69) is 6.92 Å². The minimum atomic E-state index is -0.238. The Morgan fingerprint density at radius 1 is 1.20 bits per heavy atom. The van der Waals surface area contributed by atoms with Crippen molar-refractivity contribution in [1.29, 1.82) is 0 Å². The number of rotatable bonds is 9. The van der Waals surface area contributed by atoms with Crippen molar-refractivity contribution in [3.8, 4) is 0 Å². The summed E-state index contributed by atoms with van der Waals surface area (Å²) in [6, 6.07) is 0. The van der Waals surface area contributed by atoms with Crippen molar-refractivity contribution >= 4 is 5.97 Å². The molecule has 1 rings (SSSR count). The third kappa shape index (κ3) is 5.78. The zero-order chi connectivity index (χ0) is 10.9. The van der Waals surface area contributed by atoms with Gasteiger partial charge >= 0.3 is 5.97 Å². The molecule has 88 valence electrons. The van der Waals surface area contributed by atoms with Gasteiger partial charge in [0.05, 0.1) is 6.61 Å². The fourth-order valence-electron chi connectivity index (χ4n) is 1.64. The van der Waals surface area contributed by atoms with E-state index < -0.39 is 0 Å². The van der Waals surface area contributed by atoms with E-state index in [0.717, 1.165) is 13.0 Å². The predicted octanol–water partition coefficient (Wildman–Crippen LogP) is 3.03. The number of carbonyl (C=O) groups excluding carboxylic acids is 1. The van der Waals surface area contributed by atoms with Gasteiger partial charge in [0.25, 0.3) is 0 Å². The van der Waals surface area contributed by atoms with Gasteiger partial charge in [-0.3, -0.25) is 4.79 Å². The number of unbranched alkanes of at least 4 members (excludes halogenated alkanes) is 6. The van der Waals surface area contributed by atoms with Gasteiger partial charge in [-0.2, -0.15) is 0 Å². The summed E-state index contributed by atoms with van der Waals surface area (Å²) in [6.45, 7) is 2.96. The number of hydrogen-bond donors (Lipinski definition) is 0. The molecular formula is C12H22O3. The normalized spacial score (nSPS) is 19.8. The van der Waals surface area contributed by atoms with Crippen LogP contribution in [0.1, 0.15) is 58.3 Å². The van der Waals surface area contributed by atoms with E-state index in [1.807, 2.05) is 0 Å². The molecule has 1 fully saturated rings. The minimum Gasteiger partial charge on any atom is -0.435 e. The first-order valence-electron chi connectivity index (χ1n) is 6.14. The van der Waals surface area contributed by atoms with Crippen LogP contribution in [0.4, 0.5) is 0 Å². The largest absolute Gasteiger partial charge is 0.435 e. The molecular weight excluding hydrogens is 192 g/mol. The van der Waals surface area contributed by atoms with Crippen molar-refractivity contribution in [2.24, 2.45) is 0 Å². The van der Waals surface area contributed by atoms with E-state index in [4.69, 9.17) is 9.47 Å². The lowest BCUT2D eigenvalue weighted by Gasteiger charge is -2.25. The third-order valence-electron chi connectivity index (χ3n) is 2.65. The van der Waals surface area contributed by atoms with Crippen molar-refractivity contribution < 1.29 is 14.3 Å². The maximum absolute atomic E-state index is 10.4. The van der Waals surface area contributed by atoms with Crippen LogP contribution in [0.3, 0.4) is 0 Å². The fourth-order valence-corrected chi connectivity index (χ4v) is 1.64. The van der Waals surface area contributed by atoms with Gasteiger partial charge in [0.15, 0.2) is 0 Å². The quantitative estimate of drug-likeness (QED) is 0.437. The van der Waals surface area contributed by atoms with Crippen LogP contribution in [0.15, 0.2) is 0 Å². The summed E-state index contributed by atoms with van der Waals surface area (Å²) >= 11 is 0. The second-order valence-electron chi connectivity index (χ2n) is 4.12. The van der Waals surface area contributed by atoms with Gasteiger partial charge in [-0.15, -0.1) is 0 Å². The predicted molar refractivity (Wildman–Crippen MR) is 58.4 cm³/mol. The monoisotopic (exact) mass is 214 g/mol. The van der Waals surface area contributed by atoms with Gasteiger partial charge in [-0.1, -0.05) is 45.4 Å². The summed E-state index contributed by atoms with van der Waals surface area (Å²) < 4.78 is 10.1. The number of ether oxygens (including phenoxy) is 2. The molecule has 0 radical (unpaired) electrons. The highest BCUT2D eigenvalue weighted by atomic mass is 16.7. The Morgan fingerprint density at radius 2 is 1.80 bits per heavy atom. The zero-order valence-electron chi connectivity index (χ0n) is 9.67. The van der Waals surface area contributed by atoms with E-state index in [-0.39, 0.29) is 12.3 Å². The zero-order valence-corrected chi connectivity index (χ0v) is 9.67. The lowest BCUT2D eigenvalue weighted by Crippen LogP contribution is -2.35. The summed E-state index contributed by atoms with van der Waals surface area (Å²) in [4.78, 5) is 10.4. The molecule has 15 heavy (non-hydrogen) atoms. The summed E-state index contributed by atoms with van der Waals surface area (Å²) in [6.07, 6.45) is 9.17. The molecule has 1 aliphatic rings. The second kappa shape index (κ2) is 7.69. The Morgan fingerprint density at radius 3 is 2.40 bits per heavy atom. The van der Waals surface area contributed by atoms with Crippen LogP contribution in [0.25, 0.3) is 0 Å². The lowest BCUT2D eigenvalue weighted by molar-refractivity contribution is -0.217. The molecule has 0 spiro atoms. The second-order valence-corrected chi connectivity index (χ2v) is 4.12. The Bertz CT molecular complexity index is 172. The molecule has 1 aliphatic heterocycles. The van der Waals surface area contributed by atoms with Crippen LogP contribution in [-0.2, 0) is 14.3 Å². The highest BCUT2D eigenvalue weighted by Gasteiger charge is 2.28. The fraction of sp³-hybridized carbons (Fsp3) is 0.917. The van der Waals surface area contributed by atoms with Crippen LogP contribution in [0.5, 0.6) is 0 Å². The van der Waals surface area contributed by atoms with Crippen LogP contribution < -0.4 is 0 Å². The van der Waals surface area contributed by atoms with Crippen molar-refractivity contribution in [2.75, 3.05) is 6.61 Å². The minimum absolute atomic E-state index is 0.139. The van der Waals surface area contributed by atoms with E-state index in [1.165, 1.54) is 38.5 Å². The van der Waals surface area contributed by atoms with E-state index in [1.54, 1.807) is 0 Å². The first kappa shape index (κ1) is 12.5. The van der Waals surface area contributed by atoms with Gasteiger partial charge < -0.3 is 9.47 Å². The van der Waals surface area contributed by atoms with Gasteiger partial charge in [0.1, 0.15) is 6.42 Å². The molecule has 0 amide bonds. The molecule has 0 N–H and O–H groups in total. The Hall–Kier alpha value is -0.570. The van der Waals surface area contributed by atoms with E-state index in [9.17, 15) is 4.79 Å². The lowest BCUT2D eigenvalue weighted by atomic mass is 10.1. The Balaban J connectivity index is 1.72. The van der Waals surface area contributed by atoms with E-state index in [0.29, 0.717) is 6.42 Å². The molecule has 0 saturated carbocycles. The molecule has 0 aromatic carbocycles. The summed E-state index contributed by atoms with van der Waals surface area (Å²) in [5, 5.41) is 0. The maximum atomic E-state index is 10.4. The first-order valence-corrected chi connectivity index (χ1v) is 6.14. The number of cyclic esters (lactones) is 1. The van der Waals surface area contributed by atoms with Crippen LogP contribution in [0, 0.1) is 0 Å². The van der Waals surface area contributed by atoms with Gasteiger partial charge in [0, 0.05) is 0 Å². The smallest absolute Gasteiger partial charge is 0.314 e. The van der Waals surface area contributed by atoms with E-state index >= 15 is 0 Å². The number of hydrogen-bond acceptors (Lipinski definition) is 3.